The van der Waals surface area contributed by atoms with E-state index in [0.29, 0.717) is 6.04 Å². The lowest BCUT2D eigenvalue weighted by Crippen LogP contribution is -2.51. The number of aliphatic hydroxyl groups excluding tert-OH is 1. The molecular formula is C21H24N2OS. The molecule has 2 heterocycles. The van der Waals surface area contributed by atoms with Gasteiger partial charge >= 0.3 is 0 Å². The molecule has 3 nitrogen and oxygen atoms in total. The van der Waals surface area contributed by atoms with E-state index >= 15 is 0 Å². The fraction of sp³-hybridized carbons (Fsp3) is 0.333. The van der Waals surface area contributed by atoms with E-state index in [0.717, 1.165) is 32.6 Å². The van der Waals surface area contributed by atoms with Crippen molar-refractivity contribution >= 4 is 11.8 Å². The van der Waals surface area contributed by atoms with Gasteiger partial charge in [0.2, 0.25) is 0 Å². The van der Waals surface area contributed by atoms with E-state index in [9.17, 15) is 5.11 Å². The highest BCUT2D eigenvalue weighted by Crippen LogP contribution is 2.42. The normalized spacial score (nSPS) is 22.5. The fourth-order valence-corrected chi connectivity index (χ4v) is 4.98. The van der Waals surface area contributed by atoms with Gasteiger partial charge < -0.3 is 5.11 Å². The van der Waals surface area contributed by atoms with Crippen molar-refractivity contribution in [1.82, 2.24) is 9.80 Å². The second-order valence-electron chi connectivity index (χ2n) is 6.69. The van der Waals surface area contributed by atoms with E-state index in [-0.39, 0.29) is 0 Å². The van der Waals surface area contributed by atoms with Crippen LogP contribution in [0, 0.1) is 0 Å². The van der Waals surface area contributed by atoms with Crippen molar-refractivity contribution < 1.29 is 5.11 Å². The molecule has 0 spiro atoms. The van der Waals surface area contributed by atoms with Gasteiger partial charge in [-0.15, -0.1) is 0 Å². The summed E-state index contributed by atoms with van der Waals surface area (Å²) in [4.78, 5) is 7.41. The summed E-state index contributed by atoms with van der Waals surface area (Å²) in [6.07, 6.45) is 2.13. The van der Waals surface area contributed by atoms with E-state index in [2.05, 4.69) is 64.9 Å². The average molecular weight is 353 g/mol. The first kappa shape index (κ1) is 16.9. The van der Waals surface area contributed by atoms with Gasteiger partial charge in [0.05, 0.1) is 0 Å². The molecule has 1 N–H and O–H groups in total. The van der Waals surface area contributed by atoms with E-state index in [4.69, 9.17) is 0 Å². The molecule has 0 saturated carbocycles. The maximum atomic E-state index is 10.00. The van der Waals surface area contributed by atoms with Gasteiger partial charge in [0.15, 0.2) is 0 Å². The Labute approximate surface area is 154 Å². The van der Waals surface area contributed by atoms with E-state index < -0.39 is 6.23 Å². The van der Waals surface area contributed by atoms with E-state index in [1.807, 2.05) is 11.8 Å². The van der Waals surface area contributed by atoms with Gasteiger partial charge in [0, 0.05) is 42.0 Å². The molecule has 0 amide bonds. The highest BCUT2D eigenvalue weighted by Gasteiger charge is 2.30. The third-order valence-electron chi connectivity index (χ3n) is 5.26. The predicted octanol–water partition coefficient (Wildman–Crippen LogP) is 3.56. The van der Waals surface area contributed by atoms with Gasteiger partial charge in [-0.25, -0.2) is 0 Å². The average Bonchev–Trinajstić information content (AvgIpc) is 2.84. The Morgan fingerprint density at radius 3 is 2.44 bits per heavy atom. The van der Waals surface area contributed by atoms with Gasteiger partial charge in [0.25, 0.3) is 0 Å². The van der Waals surface area contributed by atoms with Crippen LogP contribution in [0.25, 0.3) is 0 Å². The Hall–Kier alpha value is -1.59. The number of piperazine rings is 1. The minimum atomic E-state index is -0.528. The molecule has 1 saturated heterocycles. The molecule has 25 heavy (non-hydrogen) atoms. The SMILES string of the molecule is C=CC(O)N1CCN(C2Cc3ccccc3Sc3ccccc32)CC1. The van der Waals surface area contributed by atoms with Crippen molar-refractivity contribution in [3.05, 3.63) is 72.3 Å². The molecule has 4 heteroatoms. The monoisotopic (exact) mass is 352 g/mol. The lowest BCUT2D eigenvalue weighted by Gasteiger charge is -2.40. The quantitative estimate of drug-likeness (QED) is 0.855. The fourth-order valence-electron chi connectivity index (χ4n) is 3.85. The lowest BCUT2D eigenvalue weighted by atomic mass is 9.96. The maximum absolute atomic E-state index is 10.00. The Morgan fingerprint density at radius 2 is 1.68 bits per heavy atom. The van der Waals surface area contributed by atoms with Gasteiger partial charge in [-0.05, 0) is 35.8 Å². The summed E-state index contributed by atoms with van der Waals surface area (Å²) in [6, 6.07) is 18.0. The van der Waals surface area contributed by atoms with Gasteiger partial charge in [-0.2, -0.15) is 0 Å². The lowest BCUT2D eigenvalue weighted by molar-refractivity contribution is -0.00500. The second-order valence-corrected chi connectivity index (χ2v) is 7.77. The number of nitrogens with zero attached hydrogens (tertiary/aromatic N) is 2. The van der Waals surface area contributed by atoms with Crippen molar-refractivity contribution in [2.24, 2.45) is 0 Å². The zero-order valence-electron chi connectivity index (χ0n) is 14.3. The summed E-state index contributed by atoms with van der Waals surface area (Å²) in [5.74, 6) is 0. The predicted molar refractivity (Wildman–Crippen MR) is 103 cm³/mol. The van der Waals surface area contributed by atoms with Crippen LogP contribution in [-0.2, 0) is 6.42 Å². The number of fused-ring (bicyclic) bond motifs is 2. The summed E-state index contributed by atoms with van der Waals surface area (Å²) in [7, 11) is 0. The Morgan fingerprint density at radius 1 is 1.00 bits per heavy atom. The number of hydrogen-bond donors (Lipinski definition) is 1. The van der Waals surface area contributed by atoms with E-state index in [1.165, 1.54) is 20.9 Å². The topological polar surface area (TPSA) is 26.7 Å². The Balaban J connectivity index is 1.62. The second kappa shape index (κ2) is 7.34. The van der Waals surface area contributed by atoms with Crippen LogP contribution < -0.4 is 0 Å². The van der Waals surface area contributed by atoms with Crippen LogP contribution in [0.3, 0.4) is 0 Å². The number of benzene rings is 2. The smallest absolute Gasteiger partial charge is 0.126 e. The first-order valence-electron chi connectivity index (χ1n) is 8.89. The molecule has 2 unspecified atom stereocenters. The third kappa shape index (κ3) is 3.40. The maximum Gasteiger partial charge on any atom is 0.126 e. The molecule has 1 fully saturated rings. The van der Waals surface area contributed by atoms with Crippen LogP contribution in [0.15, 0.2) is 71.0 Å². The van der Waals surface area contributed by atoms with Crippen molar-refractivity contribution in [1.29, 1.82) is 0 Å². The minimum absolute atomic E-state index is 0.398. The molecule has 0 radical (unpaired) electrons. The van der Waals surface area contributed by atoms with Crippen molar-refractivity contribution in [2.75, 3.05) is 26.2 Å². The first-order valence-corrected chi connectivity index (χ1v) is 9.71. The number of hydrogen-bond acceptors (Lipinski definition) is 4. The summed E-state index contributed by atoms with van der Waals surface area (Å²) >= 11 is 1.89. The standard InChI is InChI=1S/C21H24N2OS/c1-2-21(24)23-13-11-22(12-14-23)18-15-16-7-3-5-9-19(16)25-20-10-6-4-8-17(18)20/h2-10,18,21,24H,1,11-15H2. The van der Waals surface area contributed by atoms with Crippen LogP contribution >= 0.6 is 11.8 Å². The third-order valence-corrected chi connectivity index (χ3v) is 6.47. The molecule has 130 valence electrons. The molecule has 2 aliphatic rings. The summed E-state index contributed by atoms with van der Waals surface area (Å²) in [5, 5.41) is 10.00. The molecule has 2 atom stereocenters. The summed E-state index contributed by atoms with van der Waals surface area (Å²) < 4.78 is 0. The molecular weight excluding hydrogens is 328 g/mol. The largest absolute Gasteiger partial charge is 0.375 e. The highest BCUT2D eigenvalue weighted by atomic mass is 32.2. The van der Waals surface area contributed by atoms with Crippen molar-refractivity contribution in [3.63, 3.8) is 0 Å². The van der Waals surface area contributed by atoms with Crippen LogP contribution in [-0.4, -0.2) is 47.3 Å². The molecule has 2 aliphatic heterocycles. The molecule has 0 aromatic heterocycles. The van der Waals surface area contributed by atoms with Crippen molar-refractivity contribution in [3.8, 4) is 0 Å². The molecule has 2 aromatic rings. The van der Waals surface area contributed by atoms with Crippen LogP contribution in [0.4, 0.5) is 0 Å². The van der Waals surface area contributed by atoms with Gasteiger partial charge in [-0.1, -0.05) is 54.7 Å². The molecule has 4 rings (SSSR count). The molecule has 2 aromatic carbocycles. The summed E-state index contributed by atoms with van der Waals surface area (Å²) in [6.45, 7) is 7.39. The first-order chi connectivity index (χ1) is 12.3. The van der Waals surface area contributed by atoms with E-state index in [1.54, 1.807) is 6.08 Å². The molecule has 0 bridgehead atoms. The number of rotatable bonds is 3. The van der Waals surface area contributed by atoms with Crippen LogP contribution in [0.5, 0.6) is 0 Å². The molecule has 0 aliphatic carbocycles. The van der Waals surface area contributed by atoms with Gasteiger partial charge in [0.1, 0.15) is 6.23 Å². The Kier molecular flexibility index (Phi) is 4.95. The van der Waals surface area contributed by atoms with Crippen LogP contribution in [0.1, 0.15) is 17.2 Å². The summed E-state index contributed by atoms with van der Waals surface area (Å²) in [5.41, 5.74) is 2.86. The Bertz CT molecular complexity index is 755. The highest BCUT2D eigenvalue weighted by molar-refractivity contribution is 7.99. The number of aliphatic hydroxyl groups is 1. The zero-order chi connectivity index (χ0) is 17.2. The van der Waals surface area contributed by atoms with Crippen LogP contribution in [0.2, 0.25) is 0 Å². The zero-order valence-corrected chi connectivity index (χ0v) is 15.2. The minimum Gasteiger partial charge on any atom is -0.375 e. The van der Waals surface area contributed by atoms with Gasteiger partial charge in [-0.3, -0.25) is 9.80 Å². The van der Waals surface area contributed by atoms with Crippen molar-refractivity contribution in [2.45, 2.75) is 28.5 Å².